The summed E-state index contributed by atoms with van der Waals surface area (Å²) in [7, 11) is 0. The molecule has 2 rings (SSSR count). The van der Waals surface area contributed by atoms with Gasteiger partial charge in [-0.1, -0.05) is 6.07 Å². The van der Waals surface area contributed by atoms with Crippen molar-refractivity contribution in [1.29, 1.82) is 5.26 Å². The summed E-state index contributed by atoms with van der Waals surface area (Å²) in [5.74, 6) is 0. The maximum Gasteiger partial charge on any atom is 0.278 e. The lowest BCUT2D eigenvalue weighted by molar-refractivity contribution is -0.384. The maximum atomic E-state index is 11.1. The van der Waals surface area contributed by atoms with E-state index in [1.807, 2.05) is 13.0 Å². The van der Waals surface area contributed by atoms with E-state index in [9.17, 15) is 10.1 Å². The van der Waals surface area contributed by atoms with Crippen LogP contribution in [-0.2, 0) is 0 Å². The molecule has 0 aliphatic carbocycles. The number of nitrogens with zero attached hydrogens (tertiary/aromatic N) is 2. The molecule has 0 saturated carbocycles. The summed E-state index contributed by atoms with van der Waals surface area (Å²) in [6, 6.07) is 6.93. The summed E-state index contributed by atoms with van der Waals surface area (Å²) in [4.78, 5) is 11.7. The first-order chi connectivity index (χ1) is 8.95. The van der Waals surface area contributed by atoms with Gasteiger partial charge in [0.2, 0.25) is 0 Å². The molecule has 1 aromatic heterocycles. The third-order valence-corrected chi connectivity index (χ3v) is 4.13. The van der Waals surface area contributed by atoms with E-state index in [0.29, 0.717) is 21.0 Å². The number of anilines is 1. The number of hydrogen-bond donors (Lipinski definition) is 1. The van der Waals surface area contributed by atoms with Crippen molar-refractivity contribution in [3.63, 3.8) is 0 Å². The molecule has 96 valence electrons. The van der Waals surface area contributed by atoms with Gasteiger partial charge in [-0.25, -0.2) is 0 Å². The van der Waals surface area contributed by atoms with Crippen molar-refractivity contribution in [2.45, 2.75) is 13.8 Å². The molecule has 0 radical (unpaired) electrons. The number of hydrogen-bond acceptors (Lipinski definition) is 5. The summed E-state index contributed by atoms with van der Waals surface area (Å²) in [5.41, 5.74) is 8.42. The third-order valence-electron chi connectivity index (χ3n) is 2.89. The van der Waals surface area contributed by atoms with E-state index < -0.39 is 4.92 Å². The van der Waals surface area contributed by atoms with E-state index in [2.05, 4.69) is 0 Å². The number of nitriles is 1. The zero-order valence-electron chi connectivity index (χ0n) is 10.4. The molecule has 0 spiro atoms. The Labute approximate surface area is 114 Å². The van der Waals surface area contributed by atoms with Crippen LogP contribution in [0.2, 0.25) is 0 Å². The second kappa shape index (κ2) is 4.71. The van der Waals surface area contributed by atoms with Gasteiger partial charge >= 0.3 is 0 Å². The van der Waals surface area contributed by atoms with E-state index in [0.717, 1.165) is 11.1 Å². The highest BCUT2D eigenvalue weighted by Crippen LogP contribution is 2.41. The average Bonchev–Trinajstić information content (AvgIpc) is 2.65. The van der Waals surface area contributed by atoms with E-state index >= 15 is 0 Å². The van der Waals surface area contributed by atoms with Gasteiger partial charge in [-0.05, 0) is 31.0 Å². The lowest BCUT2D eigenvalue weighted by Crippen LogP contribution is -1.93. The Morgan fingerprint density at radius 3 is 2.63 bits per heavy atom. The molecule has 2 aromatic rings. The van der Waals surface area contributed by atoms with Gasteiger partial charge in [-0.15, -0.1) is 11.3 Å². The van der Waals surface area contributed by atoms with Gasteiger partial charge in [-0.2, -0.15) is 5.26 Å². The average molecular weight is 273 g/mol. The van der Waals surface area contributed by atoms with Crippen molar-refractivity contribution < 1.29 is 4.92 Å². The second-order valence-electron chi connectivity index (χ2n) is 4.19. The lowest BCUT2D eigenvalue weighted by Gasteiger charge is -2.03. The summed E-state index contributed by atoms with van der Waals surface area (Å²) < 4.78 is 0. The van der Waals surface area contributed by atoms with Gasteiger partial charge in [-0.3, -0.25) is 10.1 Å². The SMILES string of the molecule is Cc1ccc([N+](=O)[O-])c(-c2sc(C#N)c(N)c2C)c1. The van der Waals surface area contributed by atoms with Crippen LogP contribution in [0.5, 0.6) is 0 Å². The molecule has 2 N–H and O–H groups in total. The summed E-state index contributed by atoms with van der Waals surface area (Å²) in [5, 5.41) is 20.1. The van der Waals surface area contributed by atoms with Crippen LogP contribution in [0, 0.1) is 35.3 Å². The summed E-state index contributed by atoms with van der Waals surface area (Å²) in [6.45, 7) is 3.64. The Kier molecular flexibility index (Phi) is 3.23. The van der Waals surface area contributed by atoms with Crippen LogP contribution in [0.15, 0.2) is 18.2 Å². The van der Waals surface area contributed by atoms with Crippen molar-refractivity contribution in [3.8, 4) is 16.5 Å². The van der Waals surface area contributed by atoms with Gasteiger partial charge in [0, 0.05) is 10.9 Å². The van der Waals surface area contributed by atoms with Crippen molar-refractivity contribution in [1.82, 2.24) is 0 Å². The van der Waals surface area contributed by atoms with Crippen LogP contribution in [0.1, 0.15) is 16.0 Å². The van der Waals surface area contributed by atoms with Gasteiger partial charge in [0.05, 0.1) is 16.2 Å². The first-order valence-electron chi connectivity index (χ1n) is 5.50. The van der Waals surface area contributed by atoms with Crippen LogP contribution in [0.4, 0.5) is 11.4 Å². The number of nitrogen functional groups attached to an aromatic ring is 1. The van der Waals surface area contributed by atoms with Crippen molar-refractivity contribution in [2.24, 2.45) is 0 Å². The number of nitro benzene ring substituents is 1. The van der Waals surface area contributed by atoms with E-state index in [4.69, 9.17) is 11.0 Å². The molecule has 1 aromatic carbocycles. The van der Waals surface area contributed by atoms with Crippen LogP contribution in [0.3, 0.4) is 0 Å². The zero-order chi connectivity index (χ0) is 14.2. The molecule has 1 heterocycles. The first-order valence-corrected chi connectivity index (χ1v) is 6.31. The van der Waals surface area contributed by atoms with Gasteiger partial charge in [0.15, 0.2) is 0 Å². The molecule has 0 fully saturated rings. The van der Waals surface area contributed by atoms with Crippen LogP contribution in [0.25, 0.3) is 10.4 Å². The molecule has 0 aliphatic heterocycles. The Morgan fingerprint density at radius 1 is 1.42 bits per heavy atom. The highest BCUT2D eigenvalue weighted by Gasteiger charge is 2.21. The second-order valence-corrected chi connectivity index (χ2v) is 5.21. The molecule has 0 saturated heterocycles. The number of rotatable bonds is 2. The number of aryl methyl sites for hydroxylation is 1. The molecular formula is C13H11N3O2S. The van der Waals surface area contributed by atoms with Crippen LogP contribution < -0.4 is 5.73 Å². The van der Waals surface area contributed by atoms with Crippen molar-refractivity contribution in [3.05, 3.63) is 44.3 Å². The fourth-order valence-electron chi connectivity index (χ4n) is 1.86. The molecule has 0 atom stereocenters. The molecule has 0 amide bonds. The highest BCUT2D eigenvalue weighted by molar-refractivity contribution is 7.16. The van der Waals surface area contributed by atoms with Crippen molar-refractivity contribution in [2.75, 3.05) is 5.73 Å². The zero-order valence-corrected chi connectivity index (χ0v) is 11.2. The molecule has 19 heavy (non-hydrogen) atoms. The summed E-state index contributed by atoms with van der Waals surface area (Å²) in [6.07, 6.45) is 0. The van der Waals surface area contributed by atoms with Gasteiger partial charge < -0.3 is 5.73 Å². The topological polar surface area (TPSA) is 93.0 Å². The monoisotopic (exact) mass is 273 g/mol. The largest absolute Gasteiger partial charge is 0.397 e. The Balaban J connectivity index is 2.75. The number of benzene rings is 1. The van der Waals surface area contributed by atoms with E-state index in [1.165, 1.54) is 17.4 Å². The maximum absolute atomic E-state index is 11.1. The normalized spacial score (nSPS) is 10.2. The first kappa shape index (κ1) is 13.1. The van der Waals surface area contributed by atoms with Crippen LogP contribution >= 0.6 is 11.3 Å². The summed E-state index contributed by atoms with van der Waals surface area (Å²) >= 11 is 1.19. The standard InChI is InChI=1S/C13H11N3O2S/c1-7-3-4-10(16(17)18)9(5-7)13-8(2)12(15)11(6-14)19-13/h3-5H,15H2,1-2H3. The Morgan fingerprint density at radius 2 is 2.11 bits per heavy atom. The molecular weight excluding hydrogens is 262 g/mol. The predicted molar refractivity (Wildman–Crippen MR) is 75.0 cm³/mol. The minimum atomic E-state index is -0.420. The lowest BCUT2D eigenvalue weighted by atomic mass is 10.0. The minimum Gasteiger partial charge on any atom is -0.397 e. The number of thiophene rings is 1. The minimum absolute atomic E-state index is 0.0273. The van der Waals surface area contributed by atoms with Gasteiger partial charge in [0.25, 0.3) is 5.69 Å². The molecule has 0 bridgehead atoms. The molecule has 6 heteroatoms. The fraction of sp³-hybridized carbons (Fsp3) is 0.154. The number of nitrogens with two attached hydrogens (primary N) is 1. The molecule has 0 aliphatic rings. The fourth-order valence-corrected chi connectivity index (χ4v) is 2.91. The molecule has 0 unspecified atom stereocenters. The smallest absolute Gasteiger partial charge is 0.278 e. The van der Waals surface area contributed by atoms with Crippen LogP contribution in [-0.4, -0.2) is 4.92 Å². The predicted octanol–water partition coefficient (Wildman–Crippen LogP) is 3.39. The van der Waals surface area contributed by atoms with Crippen molar-refractivity contribution >= 4 is 22.7 Å². The quantitative estimate of drug-likeness (QED) is 0.670. The van der Waals surface area contributed by atoms with Gasteiger partial charge in [0.1, 0.15) is 10.9 Å². The van der Waals surface area contributed by atoms with E-state index in [1.54, 1.807) is 19.1 Å². The Hall–Kier alpha value is -2.39. The van der Waals surface area contributed by atoms with E-state index in [-0.39, 0.29) is 5.69 Å². The highest BCUT2D eigenvalue weighted by atomic mass is 32.1. The number of nitro groups is 1. The Bertz CT molecular complexity index is 713. The third kappa shape index (κ3) is 2.16. The molecule has 5 nitrogen and oxygen atoms in total.